The third-order valence-electron chi connectivity index (χ3n) is 5.47. The van der Waals surface area contributed by atoms with Gasteiger partial charge in [-0.25, -0.2) is 9.69 Å². The Morgan fingerprint density at radius 2 is 1.41 bits per heavy atom. The lowest BCUT2D eigenvalue weighted by molar-refractivity contribution is 0.0692. The standard InChI is InChI=1S/C24H27NO4/c1-12(2)15-10-18(13(3)4)21(19(11-15)14(5)6)25-22(26)16-8-7-9-17(24(28)29)20(16)23(25)27/h7-14H,1-6H3,(H,28,29). The Labute approximate surface area is 171 Å². The minimum atomic E-state index is -1.21. The number of carboxylic acid groups (broad SMARTS) is 1. The molecule has 0 radical (unpaired) electrons. The maximum atomic E-state index is 13.3. The largest absolute Gasteiger partial charge is 0.478 e. The van der Waals surface area contributed by atoms with Crippen molar-refractivity contribution < 1.29 is 19.5 Å². The van der Waals surface area contributed by atoms with Gasteiger partial charge in [-0.1, -0.05) is 59.7 Å². The van der Waals surface area contributed by atoms with Crippen LogP contribution in [0.3, 0.4) is 0 Å². The van der Waals surface area contributed by atoms with Crippen LogP contribution in [0.2, 0.25) is 0 Å². The molecule has 0 saturated carbocycles. The topological polar surface area (TPSA) is 74.7 Å². The SMILES string of the molecule is CC(C)c1cc(C(C)C)c(N2C(=O)c3cccc(C(=O)O)c3C2=O)c(C(C)C)c1. The Kier molecular flexibility index (Phi) is 5.35. The van der Waals surface area contributed by atoms with E-state index in [0.717, 1.165) is 16.7 Å². The molecule has 2 amide bonds. The zero-order valence-corrected chi connectivity index (χ0v) is 17.7. The van der Waals surface area contributed by atoms with E-state index in [4.69, 9.17) is 0 Å². The molecule has 0 spiro atoms. The second kappa shape index (κ2) is 7.47. The van der Waals surface area contributed by atoms with Crippen molar-refractivity contribution in [2.75, 3.05) is 4.90 Å². The molecule has 1 N–H and O–H groups in total. The van der Waals surface area contributed by atoms with Gasteiger partial charge < -0.3 is 5.11 Å². The van der Waals surface area contributed by atoms with Crippen molar-refractivity contribution in [2.45, 2.75) is 59.3 Å². The Morgan fingerprint density at radius 3 is 1.86 bits per heavy atom. The molecular weight excluding hydrogens is 366 g/mol. The molecule has 1 heterocycles. The van der Waals surface area contributed by atoms with Crippen molar-refractivity contribution in [3.8, 4) is 0 Å². The molecule has 0 saturated heterocycles. The zero-order valence-electron chi connectivity index (χ0n) is 17.7. The highest BCUT2D eigenvalue weighted by molar-refractivity contribution is 6.36. The second-order valence-corrected chi connectivity index (χ2v) is 8.49. The number of benzene rings is 2. The van der Waals surface area contributed by atoms with Crippen LogP contribution >= 0.6 is 0 Å². The number of fused-ring (bicyclic) bond motifs is 1. The van der Waals surface area contributed by atoms with E-state index in [9.17, 15) is 19.5 Å². The van der Waals surface area contributed by atoms with Gasteiger partial charge in [0, 0.05) is 0 Å². The second-order valence-electron chi connectivity index (χ2n) is 8.49. The van der Waals surface area contributed by atoms with Gasteiger partial charge in [0.1, 0.15) is 0 Å². The predicted molar refractivity (Wildman–Crippen MR) is 113 cm³/mol. The van der Waals surface area contributed by atoms with Crippen LogP contribution in [0.25, 0.3) is 0 Å². The number of carboxylic acids is 1. The molecule has 0 fully saturated rings. The molecule has 0 unspecified atom stereocenters. The number of hydrogen-bond acceptors (Lipinski definition) is 3. The number of rotatable bonds is 5. The molecule has 0 atom stereocenters. The summed E-state index contributed by atoms with van der Waals surface area (Å²) in [4.78, 5) is 39.4. The highest BCUT2D eigenvalue weighted by atomic mass is 16.4. The molecule has 0 bridgehead atoms. The summed E-state index contributed by atoms with van der Waals surface area (Å²) >= 11 is 0. The molecule has 1 aliphatic heterocycles. The van der Waals surface area contributed by atoms with Crippen molar-refractivity contribution in [1.29, 1.82) is 0 Å². The normalized spacial score (nSPS) is 13.8. The van der Waals surface area contributed by atoms with Crippen LogP contribution in [0.4, 0.5) is 5.69 Å². The third kappa shape index (κ3) is 3.35. The van der Waals surface area contributed by atoms with E-state index < -0.39 is 17.8 Å². The molecule has 2 aromatic rings. The monoisotopic (exact) mass is 393 g/mol. The third-order valence-corrected chi connectivity index (χ3v) is 5.47. The van der Waals surface area contributed by atoms with Gasteiger partial charge in [-0.3, -0.25) is 9.59 Å². The van der Waals surface area contributed by atoms with E-state index in [1.807, 2.05) is 27.7 Å². The Hall–Kier alpha value is -2.95. The fourth-order valence-electron chi connectivity index (χ4n) is 3.84. The summed E-state index contributed by atoms with van der Waals surface area (Å²) in [5, 5.41) is 9.51. The molecule has 0 aromatic heterocycles. The number of carbonyl (C=O) groups is 3. The smallest absolute Gasteiger partial charge is 0.336 e. The number of nitrogens with zero attached hydrogens (tertiary/aromatic N) is 1. The number of carbonyl (C=O) groups excluding carboxylic acids is 2. The maximum absolute atomic E-state index is 13.3. The first-order valence-corrected chi connectivity index (χ1v) is 9.99. The lowest BCUT2D eigenvalue weighted by atomic mass is 9.87. The zero-order chi connectivity index (χ0) is 21.6. The fraction of sp³-hybridized carbons (Fsp3) is 0.375. The van der Waals surface area contributed by atoms with Crippen LogP contribution in [-0.4, -0.2) is 22.9 Å². The number of imide groups is 1. The van der Waals surface area contributed by atoms with E-state index in [1.165, 1.54) is 23.1 Å². The Morgan fingerprint density at radius 1 is 0.862 bits per heavy atom. The molecular formula is C24H27NO4. The van der Waals surface area contributed by atoms with Gasteiger partial charge >= 0.3 is 5.97 Å². The molecule has 3 rings (SSSR count). The summed E-state index contributed by atoms with van der Waals surface area (Å²) in [5.74, 6) is -1.76. The van der Waals surface area contributed by atoms with E-state index in [0.29, 0.717) is 11.6 Å². The summed E-state index contributed by atoms with van der Waals surface area (Å²) in [6, 6.07) is 8.53. The summed E-state index contributed by atoms with van der Waals surface area (Å²) in [5.41, 5.74) is 3.58. The quantitative estimate of drug-likeness (QED) is 0.675. The van der Waals surface area contributed by atoms with E-state index >= 15 is 0 Å². The number of aromatic carboxylic acids is 1. The lowest BCUT2D eigenvalue weighted by Gasteiger charge is -2.27. The minimum Gasteiger partial charge on any atom is -0.478 e. The maximum Gasteiger partial charge on any atom is 0.336 e. The Balaban J connectivity index is 2.31. The van der Waals surface area contributed by atoms with Gasteiger partial charge in [0.15, 0.2) is 0 Å². The number of amides is 2. The molecule has 2 aromatic carbocycles. The average Bonchev–Trinajstić information content (AvgIpc) is 2.90. The first-order chi connectivity index (χ1) is 13.6. The van der Waals surface area contributed by atoms with E-state index in [2.05, 4.69) is 26.0 Å². The number of anilines is 1. The van der Waals surface area contributed by atoms with Crippen LogP contribution in [0.15, 0.2) is 30.3 Å². The van der Waals surface area contributed by atoms with Crippen molar-refractivity contribution >= 4 is 23.5 Å². The lowest BCUT2D eigenvalue weighted by Crippen LogP contribution is -2.32. The molecule has 29 heavy (non-hydrogen) atoms. The van der Waals surface area contributed by atoms with Crippen LogP contribution in [0, 0.1) is 0 Å². The fourth-order valence-corrected chi connectivity index (χ4v) is 3.84. The van der Waals surface area contributed by atoms with Crippen molar-refractivity contribution in [3.05, 3.63) is 63.7 Å². The summed E-state index contributed by atoms with van der Waals surface area (Å²) in [6.07, 6.45) is 0. The number of hydrogen-bond donors (Lipinski definition) is 1. The highest BCUT2D eigenvalue weighted by Crippen LogP contribution is 2.42. The first-order valence-electron chi connectivity index (χ1n) is 9.99. The van der Waals surface area contributed by atoms with Gasteiger partial charge in [-0.2, -0.15) is 0 Å². The predicted octanol–water partition coefficient (Wildman–Crippen LogP) is 5.56. The molecule has 5 nitrogen and oxygen atoms in total. The summed E-state index contributed by atoms with van der Waals surface area (Å²) in [6.45, 7) is 12.4. The van der Waals surface area contributed by atoms with Crippen LogP contribution in [0.5, 0.6) is 0 Å². The van der Waals surface area contributed by atoms with E-state index in [-0.39, 0.29) is 28.5 Å². The molecule has 152 valence electrons. The van der Waals surface area contributed by atoms with Crippen molar-refractivity contribution in [3.63, 3.8) is 0 Å². The van der Waals surface area contributed by atoms with Gasteiger partial charge in [-0.15, -0.1) is 0 Å². The summed E-state index contributed by atoms with van der Waals surface area (Å²) < 4.78 is 0. The van der Waals surface area contributed by atoms with Gasteiger partial charge in [0.25, 0.3) is 11.8 Å². The van der Waals surface area contributed by atoms with E-state index in [1.54, 1.807) is 0 Å². The summed E-state index contributed by atoms with van der Waals surface area (Å²) in [7, 11) is 0. The average molecular weight is 393 g/mol. The van der Waals surface area contributed by atoms with Gasteiger partial charge in [0.2, 0.25) is 0 Å². The van der Waals surface area contributed by atoms with Crippen molar-refractivity contribution in [1.82, 2.24) is 0 Å². The first kappa shape index (κ1) is 20.8. The van der Waals surface area contributed by atoms with Gasteiger partial charge in [-0.05, 0) is 46.6 Å². The minimum absolute atomic E-state index is 0.0256. The van der Waals surface area contributed by atoms with Crippen LogP contribution in [-0.2, 0) is 0 Å². The molecule has 0 aliphatic carbocycles. The molecule has 1 aliphatic rings. The Bertz CT molecular complexity index is 989. The van der Waals surface area contributed by atoms with Crippen LogP contribution < -0.4 is 4.90 Å². The highest BCUT2D eigenvalue weighted by Gasteiger charge is 2.42. The van der Waals surface area contributed by atoms with Crippen molar-refractivity contribution in [2.24, 2.45) is 0 Å². The van der Waals surface area contributed by atoms with Gasteiger partial charge in [0.05, 0.1) is 22.4 Å². The van der Waals surface area contributed by atoms with Crippen LogP contribution in [0.1, 0.15) is 107 Å². The molecule has 5 heteroatoms.